The van der Waals surface area contributed by atoms with Gasteiger partial charge in [-0.2, -0.15) is 5.10 Å². The number of benzene rings is 1. The molecule has 2 heterocycles. The van der Waals surface area contributed by atoms with Gasteiger partial charge in [-0.25, -0.2) is 9.50 Å². The smallest absolute Gasteiger partial charge is 0.273 e. The van der Waals surface area contributed by atoms with Crippen LogP contribution in [-0.4, -0.2) is 19.5 Å². The van der Waals surface area contributed by atoms with E-state index in [1.165, 1.54) is 6.07 Å². The summed E-state index contributed by atoms with van der Waals surface area (Å²) in [4.78, 5) is 14.6. The molecule has 1 aromatic carbocycles. The van der Waals surface area contributed by atoms with Crippen molar-refractivity contribution in [2.24, 2.45) is 0 Å². The third-order valence-corrected chi connectivity index (χ3v) is 3.62. The topological polar surface area (TPSA) is 85.4 Å². The molecule has 0 amide bonds. The lowest BCUT2D eigenvalue weighted by molar-refractivity contribution is -0.385. The summed E-state index contributed by atoms with van der Waals surface area (Å²) in [5, 5.41) is 18.6. The molecule has 3 rings (SSSR count). The first-order valence-electron chi connectivity index (χ1n) is 6.52. The van der Waals surface area contributed by atoms with E-state index in [4.69, 9.17) is 11.6 Å². The van der Waals surface area contributed by atoms with E-state index >= 15 is 0 Å². The van der Waals surface area contributed by atoms with Crippen LogP contribution in [0.2, 0.25) is 5.02 Å². The molecular formula is C14H12ClN5O2. The number of hydrogen-bond acceptors (Lipinski definition) is 5. The first-order valence-corrected chi connectivity index (χ1v) is 6.90. The minimum absolute atomic E-state index is 0.00827. The molecule has 0 saturated carbocycles. The number of fused-ring (bicyclic) bond motifs is 1. The number of hydrogen-bond donors (Lipinski definition) is 1. The van der Waals surface area contributed by atoms with Crippen LogP contribution >= 0.6 is 11.6 Å². The fourth-order valence-electron chi connectivity index (χ4n) is 2.21. The number of nitro benzene ring substituents is 1. The minimum Gasteiger partial charge on any atom is -0.378 e. The Hall–Kier alpha value is -2.67. The maximum absolute atomic E-state index is 10.9. The average Bonchev–Trinajstić information content (AvgIpc) is 2.96. The molecule has 0 radical (unpaired) electrons. The van der Waals surface area contributed by atoms with E-state index < -0.39 is 4.92 Å². The number of aryl methyl sites for hydroxylation is 1. The Balaban J connectivity index is 1.86. The zero-order valence-electron chi connectivity index (χ0n) is 11.7. The maximum atomic E-state index is 10.9. The summed E-state index contributed by atoms with van der Waals surface area (Å²) in [6, 6.07) is 6.68. The summed E-state index contributed by atoms with van der Waals surface area (Å²) < 4.78 is 1.72. The lowest BCUT2D eigenvalue weighted by Crippen LogP contribution is -2.07. The monoisotopic (exact) mass is 317 g/mol. The first kappa shape index (κ1) is 14.3. The summed E-state index contributed by atoms with van der Waals surface area (Å²) in [6.45, 7) is 2.15. The summed E-state index contributed by atoms with van der Waals surface area (Å²) in [6.07, 6.45) is 3.38. The summed E-state index contributed by atoms with van der Waals surface area (Å²) in [5.41, 5.74) is 2.86. The van der Waals surface area contributed by atoms with E-state index in [9.17, 15) is 10.1 Å². The number of nitrogens with one attached hydrogen (secondary N) is 1. The van der Waals surface area contributed by atoms with E-state index in [0.29, 0.717) is 22.8 Å². The molecule has 0 spiro atoms. The van der Waals surface area contributed by atoms with Gasteiger partial charge in [0.05, 0.1) is 34.1 Å². The Morgan fingerprint density at radius 1 is 1.36 bits per heavy atom. The van der Waals surface area contributed by atoms with Gasteiger partial charge in [0.15, 0.2) is 5.65 Å². The van der Waals surface area contributed by atoms with Crippen molar-refractivity contribution in [1.82, 2.24) is 14.6 Å². The van der Waals surface area contributed by atoms with Crippen LogP contribution in [0, 0.1) is 17.0 Å². The van der Waals surface area contributed by atoms with Crippen LogP contribution < -0.4 is 5.32 Å². The van der Waals surface area contributed by atoms with E-state index in [0.717, 1.165) is 11.3 Å². The lowest BCUT2D eigenvalue weighted by Gasteiger charge is -2.10. The number of nitrogens with zero attached hydrogens (tertiary/aromatic N) is 4. The molecule has 7 nitrogen and oxygen atoms in total. The summed E-state index contributed by atoms with van der Waals surface area (Å²) in [5.74, 6) is 0. The highest BCUT2D eigenvalue weighted by atomic mass is 35.5. The van der Waals surface area contributed by atoms with E-state index in [1.54, 1.807) is 29.9 Å². The van der Waals surface area contributed by atoms with Crippen LogP contribution in [0.5, 0.6) is 0 Å². The van der Waals surface area contributed by atoms with Gasteiger partial charge in [-0.1, -0.05) is 11.6 Å². The predicted octanol–water partition coefficient (Wildman–Crippen LogP) is 3.21. The van der Waals surface area contributed by atoms with Crippen molar-refractivity contribution in [1.29, 1.82) is 0 Å². The van der Waals surface area contributed by atoms with Crippen molar-refractivity contribution >= 4 is 28.6 Å². The molecule has 2 aromatic heterocycles. The van der Waals surface area contributed by atoms with Crippen LogP contribution in [0.3, 0.4) is 0 Å². The molecule has 0 atom stereocenters. The molecule has 3 aromatic rings. The van der Waals surface area contributed by atoms with Gasteiger partial charge in [-0.3, -0.25) is 10.1 Å². The van der Waals surface area contributed by atoms with Crippen LogP contribution in [0.1, 0.15) is 11.3 Å². The molecule has 0 aliphatic rings. The van der Waals surface area contributed by atoms with Gasteiger partial charge in [0.1, 0.15) is 0 Å². The molecule has 0 fully saturated rings. The Labute approximate surface area is 130 Å². The Bertz CT molecular complexity index is 862. The van der Waals surface area contributed by atoms with Crippen molar-refractivity contribution in [3.05, 3.63) is 63.1 Å². The second kappa shape index (κ2) is 5.61. The predicted molar refractivity (Wildman–Crippen MR) is 83.2 cm³/mol. The largest absolute Gasteiger partial charge is 0.378 e. The van der Waals surface area contributed by atoms with Gasteiger partial charge >= 0.3 is 0 Å². The van der Waals surface area contributed by atoms with E-state index in [2.05, 4.69) is 15.4 Å². The van der Waals surface area contributed by atoms with Crippen LogP contribution in [0.4, 0.5) is 11.4 Å². The lowest BCUT2D eigenvalue weighted by atomic mass is 10.2. The van der Waals surface area contributed by atoms with Crippen LogP contribution in [0.15, 0.2) is 36.7 Å². The zero-order chi connectivity index (χ0) is 15.7. The highest BCUT2D eigenvalue weighted by Gasteiger charge is 2.14. The van der Waals surface area contributed by atoms with Gasteiger partial charge < -0.3 is 5.32 Å². The first-order chi connectivity index (χ1) is 10.6. The Morgan fingerprint density at radius 3 is 2.95 bits per heavy atom. The molecule has 0 saturated heterocycles. The zero-order valence-corrected chi connectivity index (χ0v) is 12.4. The fraction of sp³-hybridized carbons (Fsp3) is 0.143. The SMILES string of the molecule is Cc1cc(NCc2ccnc3ccnn23)c(Cl)cc1[N+](=O)[O-]. The van der Waals surface area contributed by atoms with Gasteiger partial charge in [0.2, 0.25) is 0 Å². The van der Waals surface area contributed by atoms with Gasteiger partial charge in [-0.15, -0.1) is 0 Å². The summed E-state index contributed by atoms with van der Waals surface area (Å²) in [7, 11) is 0. The number of anilines is 1. The van der Waals surface area contributed by atoms with Gasteiger partial charge in [-0.05, 0) is 19.1 Å². The van der Waals surface area contributed by atoms with Crippen molar-refractivity contribution in [3.63, 3.8) is 0 Å². The molecule has 22 heavy (non-hydrogen) atoms. The van der Waals surface area contributed by atoms with Crippen molar-refractivity contribution in [3.8, 4) is 0 Å². The number of halogens is 1. The second-order valence-electron chi connectivity index (χ2n) is 4.77. The molecule has 0 aliphatic carbocycles. The molecule has 8 heteroatoms. The van der Waals surface area contributed by atoms with Crippen LogP contribution in [-0.2, 0) is 6.54 Å². The van der Waals surface area contributed by atoms with Gasteiger partial charge in [0, 0.05) is 23.9 Å². The normalized spacial score (nSPS) is 10.8. The van der Waals surface area contributed by atoms with E-state index in [1.807, 2.05) is 12.1 Å². The highest BCUT2D eigenvalue weighted by Crippen LogP contribution is 2.30. The molecule has 0 aliphatic heterocycles. The Kier molecular flexibility index (Phi) is 3.64. The number of nitro groups is 1. The molecule has 112 valence electrons. The van der Waals surface area contributed by atoms with Gasteiger partial charge in [0.25, 0.3) is 5.69 Å². The maximum Gasteiger partial charge on any atom is 0.273 e. The minimum atomic E-state index is -0.443. The number of rotatable bonds is 4. The third-order valence-electron chi connectivity index (χ3n) is 3.31. The van der Waals surface area contributed by atoms with Crippen LogP contribution in [0.25, 0.3) is 5.65 Å². The van der Waals surface area contributed by atoms with Crippen molar-refractivity contribution < 1.29 is 4.92 Å². The highest BCUT2D eigenvalue weighted by molar-refractivity contribution is 6.33. The third kappa shape index (κ3) is 2.58. The fourth-order valence-corrected chi connectivity index (χ4v) is 2.43. The molecule has 0 bridgehead atoms. The standard InChI is InChI=1S/C14H12ClN5O2/c1-9-6-12(11(15)7-13(9)20(21)22)17-8-10-2-4-16-14-3-5-18-19(10)14/h2-7,17H,8H2,1H3. The average molecular weight is 318 g/mol. The molecule has 0 unspecified atom stereocenters. The molecular weight excluding hydrogens is 306 g/mol. The summed E-state index contributed by atoms with van der Waals surface area (Å²) >= 11 is 6.11. The molecule has 1 N–H and O–H groups in total. The van der Waals surface area contributed by atoms with E-state index in [-0.39, 0.29) is 5.69 Å². The quantitative estimate of drug-likeness (QED) is 0.590. The van der Waals surface area contributed by atoms with Crippen molar-refractivity contribution in [2.75, 3.05) is 5.32 Å². The Morgan fingerprint density at radius 2 is 2.18 bits per heavy atom. The van der Waals surface area contributed by atoms with Crippen molar-refractivity contribution in [2.45, 2.75) is 13.5 Å². The second-order valence-corrected chi connectivity index (χ2v) is 5.17. The number of aromatic nitrogens is 3.